The molecule has 0 spiro atoms. The highest BCUT2D eigenvalue weighted by atomic mass is 16.2. The van der Waals surface area contributed by atoms with Crippen molar-refractivity contribution >= 4 is 11.6 Å². The standard InChI is InChI=1S/C17H24N2O/c1-4-10-17(13-18,11-5-2)16(20)19-15-9-7-8-14(6-3)12-15/h7-9,12H,4-6,10-11H2,1-3H3,(H,19,20). The minimum atomic E-state index is -0.897. The van der Waals surface area contributed by atoms with Crippen LogP contribution in [0.15, 0.2) is 24.3 Å². The van der Waals surface area contributed by atoms with Gasteiger partial charge in [0, 0.05) is 5.69 Å². The highest BCUT2D eigenvalue weighted by molar-refractivity contribution is 5.97. The quantitative estimate of drug-likeness (QED) is 0.804. The largest absolute Gasteiger partial charge is 0.325 e. The van der Waals surface area contributed by atoms with E-state index in [1.807, 2.05) is 38.1 Å². The molecular formula is C17H24N2O. The number of nitrogens with zero attached hydrogens (tertiary/aromatic N) is 1. The molecule has 0 heterocycles. The van der Waals surface area contributed by atoms with Gasteiger partial charge in [0.15, 0.2) is 0 Å². The number of hydrogen-bond acceptors (Lipinski definition) is 2. The summed E-state index contributed by atoms with van der Waals surface area (Å²) in [6, 6.07) is 10.1. The van der Waals surface area contributed by atoms with Crippen molar-refractivity contribution in [1.29, 1.82) is 5.26 Å². The van der Waals surface area contributed by atoms with E-state index in [1.165, 1.54) is 5.56 Å². The van der Waals surface area contributed by atoms with E-state index in [1.54, 1.807) is 0 Å². The molecule has 0 saturated carbocycles. The van der Waals surface area contributed by atoms with Gasteiger partial charge >= 0.3 is 0 Å². The van der Waals surface area contributed by atoms with Gasteiger partial charge in [-0.2, -0.15) is 5.26 Å². The fourth-order valence-electron chi connectivity index (χ4n) is 2.49. The number of anilines is 1. The van der Waals surface area contributed by atoms with E-state index < -0.39 is 5.41 Å². The Hall–Kier alpha value is -1.82. The number of carbonyl (C=O) groups is 1. The van der Waals surface area contributed by atoms with E-state index >= 15 is 0 Å². The average molecular weight is 272 g/mol. The van der Waals surface area contributed by atoms with E-state index in [9.17, 15) is 10.1 Å². The van der Waals surface area contributed by atoms with Crippen molar-refractivity contribution in [3.8, 4) is 6.07 Å². The van der Waals surface area contributed by atoms with Crippen LogP contribution < -0.4 is 5.32 Å². The van der Waals surface area contributed by atoms with E-state index in [-0.39, 0.29) is 5.91 Å². The molecule has 0 aromatic heterocycles. The zero-order valence-electron chi connectivity index (χ0n) is 12.7. The number of rotatable bonds is 7. The van der Waals surface area contributed by atoms with Crippen LogP contribution in [0.25, 0.3) is 0 Å². The van der Waals surface area contributed by atoms with Crippen LogP contribution in [0.4, 0.5) is 5.69 Å². The lowest BCUT2D eigenvalue weighted by Crippen LogP contribution is -2.35. The molecule has 0 atom stereocenters. The van der Waals surface area contributed by atoms with Crippen molar-refractivity contribution in [2.24, 2.45) is 5.41 Å². The SMILES string of the molecule is CCCC(C#N)(CCC)C(=O)Nc1cccc(CC)c1. The molecular weight excluding hydrogens is 248 g/mol. The summed E-state index contributed by atoms with van der Waals surface area (Å²) in [5.41, 5.74) is 1.06. The normalized spacial score (nSPS) is 10.9. The summed E-state index contributed by atoms with van der Waals surface area (Å²) in [7, 11) is 0. The zero-order chi connectivity index (χ0) is 15.0. The first kappa shape index (κ1) is 16.2. The number of benzene rings is 1. The Morgan fingerprint density at radius 3 is 2.40 bits per heavy atom. The van der Waals surface area contributed by atoms with Gasteiger partial charge in [0.25, 0.3) is 0 Å². The predicted molar refractivity (Wildman–Crippen MR) is 82.3 cm³/mol. The maximum absolute atomic E-state index is 12.5. The van der Waals surface area contributed by atoms with Crippen LogP contribution in [-0.2, 0) is 11.2 Å². The highest BCUT2D eigenvalue weighted by Crippen LogP contribution is 2.31. The molecule has 1 amide bonds. The van der Waals surface area contributed by atoms with Gasteiger partial charge in [-0.3, -0.25) is 4.79 Å². The number of amides is 1. The van der Waals surface area contributed by atoms with Crippen molar-refractivity contribution < 1.29 is 4.79 Å². The lowest BCUT2D eigenvalue weighted by Gasteiger charge is -2.24. The first-order valence-electron chi connectivity index (χ1n) is 7.43. The summed E-state index contributed by atoms with van der Waals surface area (Å²) in [5, 5.41) is 12.4. The number of nitriles is 1. The topological polar surface area (TPSA) is 52.9 Å². The van der Waals surface area contributed by atoms with Gasteiger partial charge in [-0.25, -0.2) is 0 Å². The van der Waals surface area contributed by atoms with Crippen molar-refractivity contribution in [2.75, 3.05) is 5.32 Å². The van der Waals surface area contributed by atoms with Gasteiger partial charge < -0.3 is 5.32 Å². The minimum Gasteiger partial charge on any atom is -0.325 e. The second-order valence-electron chi connectivity index (χ2n) is 5.20. The summed E-state index contributed by atoms with van der Waals surface area (Å²) >= 11 is 0. The Balaban J connectivity index is 2.93. The van der Waals surface area contributed by atoms with Crippen molar-refractivity contribution in [3.63, 3.8) is 0 Å². The third-order valence-electron chi connectivity index (χ3n) is 3.60. The molecule has 1 aromatic rings. The van der Waals surface area contributed by atoms with Crippen molar-refractivity contribution in [3.05, 3.63) is 29.8 Å². The first-order valence-corrected chi connectivity index (χ1v) is 7.43. The monoisotopic (exact) mass is 272 g/mol. The number of nitrogens with one attached hydrogen (secondary N) is 1. The van der Waals surface area contributed by atoms with Crippen LogP contribution in [0.2, 0.25) is 0 Å². The van der Waals surface area contributed by atoms with Crippen LogP contribution in [0.3, 0.4) is 0 Å². The Bertz CT molecular complexity index is 482. The fraction of sp³-hybridized carbons (Fsp3) is 0.529. The molecule has 0 aliphatic heterocycles. The van der Waals surface area contributed by atoms with Crippen LogP contribution in [0.5, 0.6) is 0 Å². The molecule has 1 N–H and O–H groups in total. The second kappa shape index (κ2) is 7.69. The maximum Gasteiger partial charge on any atom is 0.244 e. The molecule has 20 heavy (non-hydrogen) atoms. The van der Waals surface area contributed by atoms with Gasteiger partial charge in [0.1, 0.15) is 5.41 Å². The fourth-order valence-corrected chi connectivity index (χ4v) is 2.49. The molecule has 3 nitrogen and oxygen atoms in total. The van der Waals surface area contributed by atoms with E-state index in [0.29, 0.717) is 12.8 Å². The number of carbonyl (C=O) groups excluding carboxylic acids is 1. The lowest BCUT2D eigenvalue weighted by atomic mass is 9.79. The minimum absolute atomic E-state index is 0.169. The van der Waals surface area contributed by atoms with Gasteiger partial charge in [0.2, 0.25) is 5.91 Å². The lowest BCUT2D eigenvalue weighted by molar-refractivity contribution is -0.123. The smallest absolute Gasteiger partial charge is 0.244 e. The van der Waals surface area contributed by atoms with Gasteiger partial charge in [-0.15, -0.1) is 0 Å². The Labute approximate surface area is 122 Å². The maximum atomic E-state index is 12.5. The molecule has 0 fully saturated rings. The predicted octanol–water partition coefficient (Wildman–Crippen LogP) is 4.30. The molecule has 0 bridgehead atoms. The Morgan fingerprint density at radius 1 is 1.25 bits per heavy atom. The average Bonchev–Trinajstić information content (AvgIpc) is 2.47. The van der Waals surface area contributed by atoms with E-state index in [2.05, 4.69) is 18.3 Å². The molecule has 1 rings (SSSR count). The Kier molecular flexibility index (Phi) is 6.24. The highest BCUT2D eigenvalue weighted by Gasteiger charge is 2.36. The van der Waals surface area contributed by atoms with Crippen LogP contribution in [0.1, 0.15) is 52.0 Å². The van der Waals surface area contributed by atoms with Crippen LogP contribution in [-0.4, -0.2) is 5.91 Å². The molecule has 0 radical (unpaired) electrons. The molecule has 0 aliphatic carbocycles. The number of aryl methyl sites for hydroxylation is 1. The van der Waals surface area contributed by atoms with Crippen LogP contribution in [0, 0.1) is 16.7 Å². The molecule has 108 valence electrons. The zero-order valence-corrected chi connectivity index (χ0v) is 12.7. The third-order valence-corrected chi connectivity index (χ3v) is 3.60. The third kappa shape index (κ3) is 3.84. The van der Waals surface area contributed by atoms with Crippen molar-refractivity contribution in [1.82, 2.24) is 0 Å². The summed E-state index contributed by atoms with van der Waals surface area (Å²) in [6.45, 7) is 6.09. The van der Waals surface area contributed by atoms with Gasteiger partial charge in [-0.05, 0) is 37.0 Å². The number of hydrogen-bond donors (Lipinski definition) is 1. The first-order chi connectivity index (χ1) is 9.61. The summed E-state index contributed by atoms with van der Waals surface area (Å²) in [5.74, 6) is -0.169. The summed E-state index contributed by atoms with van der Waals surface area (Å²) in [4.78, 5) is 12.5. The van der Waals surface area contributed by atoms with Gasteiger partial charge in [0.05, 0.1) is 6.07 Å². The van der Waals surface area contributed by atoms with Gasteiger partial charge in [-0.1, -0.05) is 45.7 Å². The molecule has 1 aromatic carbocycles. The Morgan fingerprint density at radius 2 is 1.90 bits per heavy atom. The molecule has 0 aliphatic rings. The van der Waals surface area contributed by atoms with E-state index in [0.717, 1.165) is 24.9 Å². The summed E-state index contributed by atoms with van der Waals surface area (Å²) < 4.78 is 0. The van der Waals surface area contributed by atoms with E-state index in [4.69, 9.17) is 0 Å². The van der Waals surface area contributed by atoms with Crippen molar-refractivity contribution in [2.45, 2.75) is 52.9 Å². The molecule has 0 saturated heterocycles. The second-order valence-corrected chi connectivity index (χ2v) is 5.20. The van der Waals surface area contributed by atoms with Crippen LogP contribution >= 0.6 is 0 Å². The molecule has 3 heteroatoms. The summed E-state index contributed by atoms with van der Waals surface area (Å²) in [6.07, 6.45) is 3.80. The molecule has 0 unspecified atom stereocenters.